The summed E-state index contributed by atoms with van der Waals surface area (Å²) >= 11 is 0. The van der Waals surface area contributed by atoms with Crippen LogP contribution >= 0.6 is 0 Å². The summed E-state index contributed by atoms with van der Waals surface area (Å²) in [5.74, 6) is -0.940. The first-order chi connectivity index (χ1) is 8.66. The summed E-state index contributed by atoms with van der Waals surface area (Å²) in [4.78, 5) is 11.6. The molecule has 1 aliphatic heterocycles. The topological polar surface area (TPSA) is 35.5 Å². The molecule has 3 heteroatoms. The van der Waals surface area contributed by atoms with Gasteiger partial charge in [0.15, 0.2) is 5.78 Å². The summed E-state index contributed by atoms with van der Waals surface area (Å²) in [6.45, 7) is 2.52. The highest BCUT2D eigenvalue weighted by Crippen LogP contribution is 2.42. The first-order valence-corrected chi connectivity index (χ1v) is 5.89. The Labute approximate surface area is 106 Å². The van der Waals surface area contributed by atoms with Crippen molar-refractivity contribution in [2.75, 3.05) is 7.11 Å². The number of allylic oxidation sites excluding steroid dienone is 2. The number of ketones is 1. The molecule has 0 aromatic heterocycles. The van der Waals surface area contributed by atoms with Crippen LogP contribution in [0.5, 0.6) is 0 Å². The van der Waals surface area contributed by atoms with Gasteiger partial charge in [0.2, 0.25) is 5.79 Å². The fourth-order valence-corrected chi connectivity index (χ4v) is 2.60. The van der Waals surface area contributed by atoms with Crippen molar-refractivity contribution in [1.29, 1.82) is 0 Å². The molecule has 3 nitrogen and oxygen atoms in total. The van der Waals surface area contributed by atoms with Crippen molar-refractivity contribution in [3.8, 4) is 0 Å². The quantitative estimate of drug-likeness (QED) is 0.758. The molecule has 18 heavy (non-hydrogen) atoms. The van der Waals surface area contributed by atoms with Crippen LogP contribution in [0, 0.1) is 6.92 Å². The molecule has 1 aromatic rings. The number of hydrogen-bond acceptors (Lipinski definition) is 3. The predicted molar refractivity (Wildman–Crippen MR) is 67.8 cm³/mol. The van der Waals surface area contributed by atoms with Crippen LogP contribution in [0.3, 0.4) is 0 Å². The van der Waals surface area contributed by atoms with Crippen molar-refractivity contribution in [2.45, 2.75) is 19.3 Å². The molecule has 0 bridgehead atoms. The average molecular weight is 242 g/mol. The largest absolute Gasteiger partial charge is 0.346 e. The zero-order valence-electron chi connectivity index (χ0n) is 10.4. The third-order valence-electron chi connectivity index (χ3n) is 3.50. The fraction of sp³-hybridized carbons (Fsp3) is 0.267. The number of fused-ring (bicyclic) bond motifs is 3. The smallest absolute Gasteiger partial charge is 0.216 e. The highest BCUT2D eigenvalue weighted by molar-refractivity contribution is 6.08. The van der Waals surface area contributed by atoms with E-state index in [-0.39, 0.29) is 5.78 Å². The van der Waals surface area contributed by atoms with E-state index in [0.717, 1.165) is 22.3 Å². The second-order valence-electron chi connectivity index (χ2n) is 4.56. The maximum atomic E-state index is 11.6. The van der Waals surface area contributed by atoms with E-state index < -0.39 is 5.79 Å². The molecule has 0 saturated heterocycles. The van der Waals surface area contributed by atoms with Crippen molar-refractivity contribution in [3.63, 3.8) is 0 Å². The van der Waals surface area contributed by atoms with Crippen molar-refractivity contribution in [3.05, 3.63) is 53.1 Å². The van der Waals surface area contributed by atoms with Gasteiger partial charge in [0.05, 0.1) is 6.61 Å². The lowest BCUT2D eigenvalue weighted by Crippen LogP contribution is -2.39. The first-order valence-electron chi connectivity index (χ1n) is 5.89. The normalized spacial score (nSPS) is 25.4. The van der Waals surface area contributed by atoms with E-state index in [1.165, 1.54) is 6.08 Å². The maximum Gasteiger partial charge on any atom is 0.216 e. The molecule has 1 atom stereocenters. The molecule has 0 amide bonds. The monoisotopic (exact) mass is 242 g/mol. The minimum absolute atomic E-state index is 0.0302. The van der Waals surface area contributed by atoms with E-state index in [0.29, 0.717) is 6.61 Å². The molecule has 92 valence electrons. The van der Waals surface area contributed by atoms with E-state index in [2.05, 4.69) is 0 Å². The molecule has 0 spiro atoms. The Morgan fingerprint density at radius 2 is 2.22 bits per heavy atom. The molecule has 1 heterocycles. The number of carbonyl (C=O) groups excluding carboxylic acids is 1. The lowest BCUT2D eigenvalue weighted by atomic mass is 9.84. The summed E-state index contributed by atoms with van der Waals surface area (Å²) in [6, 6.07) is 6.05. The van der Waals surface area contributed by atoms with E-state index in [4.69, 9.17) is 9.47 Å². The Balaban J connectivity index is 2.26. The van der Waals surface area contributed by atoms with Gasteiger partial charge in [-0.2, -0.15) is 0 Å². The Morgan fingerprint density at radius 1 is 1.39 bits per heavy atom. The number of rotatable bonds is 1. The van der Waals surface area contributed by atoms with E-state index >= 15 is 0 Å². The van der Waals surface area contributed by atoms with Gasteiger partial charge in [0.25, 0.3) is 0 Å². The Kier molecular flexibility index (Phi) is 2.47. The lowest BCUT2D eigenvalue weighted by Gasteiger charge is -2.38. The van der Waals surface area contributed by atoms with Gasteiger partial charge in [0.1, 0.15) is 0 Å². The highest BCUT2D eigenvalue weighted by Gasteiger charge is 2.41. The van der Waals surface area contributed by atoms with Crippen LogP contribution in [0.25, 0.3) is 5.57 Å². The van der Waals surface area contributed by atoms with Gasteiger partial charge in [-0.15, -0.1) is 0 Å². The molecule has 0 N–H and O–H groups in total. The lowest BCUT2D eigenvalue weighted by molar-refractivity contribution is -0.159. The second kappa shape index (κ2) is 3.90. The maximum absolute atomic E-state index is 11.6. The van der Waals surface area contributed by atoms with Gasteiger partial charge >= 0.3 is 0 Å². The minimum Gasteiger partial charge on any atom is -0.346 e. The zero-order chi connectivity index (χ0) is 12.8. The third kappa shape index (κ3) is 1.48. The summed E-state index contributed by atoms with van der Waals surface area (Å²) in [7, 11) is 1.59. The second-order valence-corrected chi connectivity index (χ2v) is 4.56. The van der Waals surface area contributed by atoms with Crippen LogP contribution in [-0.2, 0) is 20.9 Å². The van der Waals surface area contributed by atoms with Gasteiger partial charge in [-0.25, -0.2) is 0 Å². The van der Waals surface area contributed by atoms with Crippen LogP contribution in [-0.4, -0.2) is 18.7 Å². The molecule has 2 aliphatic rings. The van der Waals surface area contributed by atoms with Crippen molar-refractivity contribution >= 4 is 11.4 Å². The van der Waals surface area contributed by atoms with Gasteiger partial charge in [0, 0.05) is 12.7 Å². The zero-order valence-corrected chi connectivity index (χ0v) is 10.4. The number of benzene rings is 1. The number of hydrogen-bond donors (Lipinski definition) is 0. The summed E-state index contributed by atoms with van der Waals surface area (Å²) in [5, 5.41) is 0. The summed E-state index contributed by atoms with van der Waals surface area (Å²) in [6.07, 6.45) is 4.80. The number of methoxy groups -OCH3 is 1. The standard InChI is InChI=1S/C15H14O3/c1-10-4-3-5-11-9-18-15(17-2)7-6-12(16)8-13(15)14(10)11/h3-8H,9H2,1-2H3. The molecule has 1 aromatic carbocycles. The van der Waals surface area contributed by atoms with Crippen LogP contribution in [0.15, 0.2) is 36.4 Å². The average Bonchev–Trinajstić information content (AvgIpc) is 2.39. The number of ether oxygens (including phenoxy) is 2. The third-order valence-corrected chi connectivity index (χ3v) is 3.50. The number of aryl methyl sites for hydroxylation is 1. The molecule has 0 fully saturated rings. The van der Waals surface area contributed by atoms with Crippen LogP contribution in [0.1, 0.15) is 16.7 Å². The summed E-state index contributed by atoms with van der Waals surface area (Å²) < 4.78 is 11.3. The van der Waals surface area contributed by atoms with Crippen molar-refractivity contribution in [2.24, 2.45) is 0 Å². The molecule has 1 aliphatic carbocycles. The predicted octanol–water partition coefficient (Wildman–Crippen LogP) is 2.39. The molecule has 1 unspecified atom stereocenters. The van der Waals surface area contributed by atoms with E-state index in [9.17, 15) is 4.79 Å². The highest BCUT2D eigenvalue weighted by atomic mass is 16.7. The molecule has 0 saturated carbocycles. The Hall–Kier alpha value is -1.71. The van der Waals surface area contributed by atoms with E-state index in [1.807, 2.05) is 25.1 Å². The molecular formula is C15H14O3. The van der Waals surface area contributed by atoms with Crippen molar-refractivity contribution < 1.29 is 14.3 Å². The van der Waals surface area contributed by atoms with Crippen LogP contribution in [0.4, 0.5) is 0 Å². The SMILES string of the molecule is COC12C=CC(=O)C=C1c1c(C)cccc1CO2. The van der Waals surface area contributed by atoms with Gasteiger partial charge < -0.3 is 9.47 Å². The van der Waals surface area contributed by atoms with Gasteiger partial charge in [-0.1, -0.05) is 18.2 Å². The van der Waals surface area contributed by atoms with E-state index in [1.54, 1.807) is 19.3 Å². The fourth-order valence-electron chi connectivity index (χ4n) is 2.60. The van der Waals surface area contributed by atoms with Gasteiger partial charge in [-0.3, -0.25) is 4.79 Å². The summed E-state index contributed by atoms with van der Waals surface area (Å²) in [5.41, 5.74) is 4.10. The van der Waals surface area contributed by atoms with Crippen molar-refractivity contribution in [1.82, 2.24) is 0 Å². The van der Waals surface area contributed by atoms with Crippen LogP contribution < -0.4 is 0 Å². The Morgan fingerprint density at radius 3 is 3.00 bits per heavy atom. The first kappa shape index (κ1) is 11.4. The van der Waals surface area contributed by atoms with Gasteiger partial charge in [-0.05, 0) is 41.8 Å². The Bertz CT molecular complexity index is 583. The molecule has 0 radical (unpaired) electrons. The number of carbonyl (C=O) groups is 1. The molecule has 3 rings (SSSR count). The van der Waals surface area contributed by atoms with Crippen LogP contribution in [0.2, 0.25) is 0 Å². The minimum atomic E-state index is -0.910. The molecular weight excluding hydrogens is 228 g/mol.